The smallest absolute Gasteiger partial charge is 0.251 e. The molecule has 250 valence electrons. The monoisotopic (exact) mass is 778 g/mol. The van der Waals surface area contributed by atoms with Gasteiger partial charge >= 0.3 is 0 Å². The van der Waals surface area contributed by atoms with Crippen molar-refractivity contribution in [2.75, 3.05) is 17.6 Å². The van der Waals surface area contributed by atoms with E-state index in [1.807, 2.05) is 52.9 Å². The molecular weight excluding hydrogens is 742 g/mol. The predicted molar refractivity (Wildman–Crippen MR) is 183 cm³/mol. The van der Waals surface area contributed by atoms with Gasteiger partial charge in [-0.05, 0) is 84.3 Å². The van der Waals surface area contributed by atoms with Crippen LogP contribution < -0.4 is 14.9 Å². The van der Waals surface area contributed by atoms with Gasteiger partial charge in [0.15, 0.2) is 0 Å². The van der Waals surface area contributed by atoms with Crippen molar-refractivity contribution in [1.82, 2.24) is 25.6 Å². The molecule has 0 bridgehead atoms. The van der Waals surface area contributed by atoms with Gasteiger partial charge in [0.2, 0.25) is 10.0 Å². The van der Waals surface area contributed by atoms with Crippen molar-refractivity contribution >= 4 is 50.1 Å². The maximum absolute atomic E-state index is 13.8. The number of carbonyl (C=O) groups excluding carboxylic acids is 2. The van der Waals surface area contributed by atoms with Gasteiger partial charge in [0, 0.05) is 18.2 Å². The molecule has 0 saturated heterocycles. The number of amides is 2. The molecule has 15 heteroatoms. The van der Waals surface area contributed by atoms with Crippen LogP contribution in [-0.2, 0) is 23.0 Å². The van der Waals surface area contributed by atoms with Crippen molar-refractivity contribution in [3.8, 4) is 0 Å². The molecule has 1 unspecified atom stereocenters. The van der Waals surface area contributed by atoms with E-state index in [9.17, 15) is 32.6 Å². The first-order valence-corrected chi connectivity index (χ1v) is 17.5. The fraction of sp³-hybridized carbons (Fsp3) is 0.312. The lowest BCUT2D eigenvalue weighted by molar-refractivity contribution is 0.0776. The van der Waals surface area contributed by atoms with Crippen molar-refractivity contribution in [2.24, 2.45) is 0 Å². The van der Waals surface area contributed by atoms with Gasteiger partial charge in [0.05, 0.1) is 42.8 Å². The maximum Gasteiger partial charge on any atom is 0.251 e. The molecule has 4 atom stereocenters. The summed E-state index contributed by atoms with van der Waals surface area (Å²) in [6.07, 6.45) is -0.808. The number of nitrogens with zero attached hydrogens (tertiary/aromatic N) is 4. The Labute approximate surface area is 286 Å². The maximum atomic E-state index is 13.8. The van der Waals surface area contributed by atoms with Crippen LogP contribution in [-0.4, -0.2) is 70.9 Å². The van der Waals surface area contributed by atoms with E-state index in [1.54, 1.807) is 13.8 Å². The highest BCUT2D eigenvalue weighted by Gasteiger charge is 2.27. The van der Waals surface area contributed by atoms with Crippen LogP contribution in [0.1, 0.15) is 63.5 Å². The normalized spacial score (nSPS) is 14.1. The molecule has 0 aliphatic rings. The van der Waals surface area contributed by atoms with E-state index in [4.69, 9.17) is 0 Å². The van der Waals surface area contributed by atoms with Crippen molar-refractivity contribution in [3.63, 3.8) is 0 Å². The molecule has 4 aromatic rings. The highest BCUT2D eigenvalue weighted by molar-refractivity contribution is 14.1. The second-order valence-corrected chi connectivity index (χ2v) is 14.2. The summed E-state index contributed by atoms with van der Waals surface area (Å²) in [5.74, 6) is -1.67. The SMILES string of the molecule is CC(O)c1nnn(C[C@H](O)[C@H](Cc2ccccc2)NC(=O)c2cc(C(=O)N[C@H](C)c3ccc(F)cc3)cc(N(C)S(C)(=O)=O)c2)c1I. The Morgan fingerprint density at radius 2 is 1.57 bits per heavy atom. The average Bonchev–Trinajstić information content (AvgIpc) is 3.39. The second kappa shape index (κ2) is 15.3. The fourth-order valence-corrected chi connectivity index (χ4v) is 6.10. The number of anilines is 1. The van der Waals surface area contributed by atoms with Crippen molar-refractivity contribution < 1.29 is 32.6 Å². The first-order chi connectivity index (χ1) is 22.1. The third kappa shape index (κ3) is 9.33. The number of hydrogen-bond acceptors (Lipinski definition) is 8. The summed E-state index contributed by atoms with van der Waals surface area (Å²) >= 11 is 1.98. The van der Waals surface area contributed by atoms with Crippen LogP contribution in [0.4, 0.5) is 10.1 Å². The summed E-state index contributed by atoms with van der Waals surface area (Å²) in [5, 5.41) is 35.0. The number of benzene rings is 3. The molecule has 2 amide bonds. The molecule has 47 heavy (non-hydrogen) atoms. The molecule has 4 rings (SSSR count). The standard InChI is InChI=1S/C32H36FIN6O6S/c1-19(22-10-12-25(33)13-11-22)35-31(43)23-15-24(17-26(16-23)39(3)47(4,45)46)32(44)36-27(14-21-8-6-5-7-9-21)28(42)18-40-30(34)29(20(2)41)37-38-40/h5-13,15-17,19-20,27-28,41-42H,14,18H2,1-4H3,(H,35,43)(H,36,44)/t19-,20?,27+,28+/m1/s1. The molecule has 0 aliphatic carbocycles. The minimum absolute atomic E-state index is 0.0140. The highest BCUT2D eigenvalue weighted by Crippen LogP contribution is 2.23. The van der Waals surface area contributed by atoms with E-state index in [1.165, 1.54) is 54.2 Å². The minimum Gasteiger partial charge on any atom is -0.389 e. The molecule has 0 radical (unpaired) electrons. The number of nitrogens with one attached hydrogen (secondary N) is 2. The van der Waals surface area contributed by atoms with Gasteiger partial charge in [-0.3, -0.25) is 13.9 Å². The summed E-state index contributed by atoms with van der Waals surface area (Å²) in [4.78, 5) is 27.2. The molecule has 0 aliphatic heterocycles. The van der Waals surface area contributed by atoms with E-state index in [2.05, 4.69) is 20.9 Å². The lowest BCUT2D eigenvalue weighted by Gasteiger charge is -2.25. The summed E-state index contributed by atoms with van der Waals surface area (Å²) in [6, 6.07) is 17.5. The fourth-order valence-electron chi connectivity index (χ4n) is 4.76. The van der Waals surface area contributed by atoms with Crippen molar-refractivity contribution in [1.29, 1.82) is 0 Å². The topological polar surface area (TPSA) is 167 Å². The molecule has 3 aromatic carbocycles. The van der Waals surface area contributed by atoms with Gasteiger partial charge in [-0.1, -0.05) is 47.7 Å². The third-order valence-corrected chi connectivity index (χ3v) is 9.87. The van der Waals surface area contributed by atoms with Crippen molar-refractivity contribution in [2.45, 2.75) is 51.1 Å². The lowest BCUT2D eigenvalue weighted by atomic mass is 10.00. The van der Waals surface area contributed by atoms with Crippen LogP contribution in [0, 0.1) is 9.52 Å². The van der Waals surface area contributed by atoms with Crippen molar-refractivity contribution in [3.05, 3.63) is 110 Å². The van der Waals surface area contributed by atoms with Gasteiger partial charge in [-0.15, -0.1) is 5.10 Å². The van der Waals surface area contributed by atoms with E-state index in [0.717, 1.165) is 16.1 Å². The van der Waals surface area contributed by atoms with Gasteiger partial charge in [-0.25, -0.2) is 17.5 Å². The number of halogens is 2. The Bertz CT molecular complexity index is 1820. The highest BCUT2D eigenvalue weighted by atomic mass is 127. The van der Waals surface area contributed by atoms with E-state index in [-0.39, 0.29) is 29.8 Å². The first-order valence-electron chi connectivity index (χ1n) is 14.6. The quantitative estimate of drug-likeness (QED) is 0.150. The molecule has 4 N–H and O–H groups in total. The van der Waals surface area contributed by atoms with Crippen LogP contribution in [0.3, 0.4) is 0 Å². The van der Waals surface area contributed by atoms with Gasteiger partial charge in [0.25, 0.3) is 11.8 Å². The van der Waals surface area contributed by atoms with Gasteiger partial charge in [-0.2, -0.15) is 0 Å². The summed E-state index contributed by atoms with van der Waals surface area (Å²) in [7, 11) is -2.47. The molecule has 12 nitrogen and oxygen atoms in total. The second-order valence-electron chi connectivity index (χ2n) is 11.2. The van der Waals surface area contributed by atoms with Crippen LogP contribution in [0.25, 0.3) is 0 Å². The zero-order valence-corrected chi connectivity index (χ0v) is 29.1. The zero-order valence-electron chi connectivity index (χ0n) is 26.1. The molecule has 0 spiro atoms. The van der Waals surface area contributed by atoms with Crippen LogP contribution in [0.2, 0.25) is 0 Å². The van der Waals surface area contributed by atoms with E-state index in [0.29, 0.717) is 15.0 Å². The number of aliphatic hydroxyl groups is 2. The van der Waals surface area contributed by atoms with E-state index >= 15 is 0 Å². The number of aliphatic hydroxyl groups excluding tert-OH is 2. The van der Waals surface area contributed by atoms with Gasteiger partial charge in [0.1, 0.15) is 15.2 Å². The Morgan fingerprint density at radius 3 is 2.13 bits per heavy atom. The summed E-state index contributed by atoms with van der Waals surface area (Å²) < 4.78 is 41.2. The first kappa shape index (κ1) is 35.9. The number of aromatic nitrogens is 3. The van der Waals surface area contributed by atoms with E-state index < -0.39 is 51.9 Å². The lowest BCUT2D eigenvalue weighted by Crippen LogP contribution is -2.47. The molecule has 1 heterocycles. The van der Waals surface area contributed by atoms with Crippen LogP contribution in [0.5, 0.6) is 0 Å². The summed E-state index contributed by atoms with van der Waals surface area (Å²) in [5.41, 5.74) is 1.89. The number of hydrogen-bond donors (Lipinski definition) is 4. The predicted octanol–water partition coefficient (Wildman–Crippen LogP) is 3.36. The van der Waals surface area contributed by atoms with Gasteiger partial charge < -0.3 is 20.8 Å². The molecular formula is C32H36FIN6O6S. The Balaban J connectivity index is 1.65. The largest absolute Gasteiger partial charge is 0.389 e. The average molecular weight is 779 g/mol. The zero-order chi connectivity index (χ0) is 34.5. The number of carbonyl (C=O) groups is 2. The summed E-state index contributed by atoms with van der Waals surface area (Å²) in [6.45, 7) is 3.21. The Hall–Kier alpha value is -3.93. The Kier molecular flexibility index (Phi) is 11.7. The minimum atomic E-state index is -3.77. The third-order valence-electron chi connectivity index (χ3n) is 7.55. The Morgan fingerprint density at radius 1 is 0.979 bits per heavy atom. The van der Waals surface area contributed by atoms with Crippen LogP contribution in [0.15, 0.2) is 72.8 Å². The molecule has 0 fully saturated rings. The number of sulfonamides is 1. The molecule has 1 aromatic heterocycles. The number of rotatable bonds is 13. The van der Waals surface area contributed by atoms with Crippen LogP contribution >= 0.6 is 22.6 Å². The molecule has 0 saturated carbocycles.